The van der Waals surface area contributed by atoms with E-state index in [0.717, 1.165) is 16.4 Å². The topological polar surface area (TPSA) is 34.1 Å². The Morgan fingerprint density at radius 2 is 2.11 bits per heavy atom. The molecule has 0 radical (unpaired) electrons. The van der Waals surface area contributed by atoms with Crippen LogP contribution in [0.5, 0.6) is 5.75 Å². The van der Waals surface area contributed by atoms with Gasteiger partial charge in [0.2, 0.25) is 0 Å². The van der Waals surface area contributed by atoms with Crippen molar-refractivity contribution in [2.75, 3.05) is 12.4 Å². The predicted molar refractivity (Wildman–Crippen MR) is 76.6 cm³/mol. The number of nitrogens with one attached hydrogen (secondary N) is 1. The summed E-state index contributed by atoms with van der Waals surface area (Å²) in [6.07, 6.45) is 0. The predicted octanol–water partition coefficient (Wildman–Crippen LogP) is 4.08. The molecule has 1 heterocycles. The average molecular weight is 280 g/mol. The lowest BCUT2D eigenvalue weighted by Gasteiger charge is -2.17. The van der Waals surface area contributed by atoms with E-state index in [9.17, 15) is 4.39 Å². The number of nitrogens with zero attached hydrogens (tertiary/aromatic N) is 1. The number of aromatic nitrogens is 1. The molecule has 1 aromatic heterocycles. The maximum absolute atomic E-state index is 13.1. The molecule has 1 atom stereocenters. The fourth-order valence-corrected chi connectivity index (χ4v) is 2.96. The van der Waals surface area contributed by atoms with Crippen LogP contribution in [-0.4, -0.2) is 12.1 Å². The third-order valence-electron chi connectivity index (χ3n) is 2.87. The van der Waals surface area contributed by atoms with E-state index in [1.54, 1.807) is 17.4 Å². The normalized spacial score (nSPS) is 12.3. The molecule has 1 aromatic carbocycles. The van der Waals surface area contributed by atoms with Crippen molar-refractivity contribution in [2.45, 2.75) is 26.8 Å². The summed E-state index contributed by atoms with van der Waals surface area (Å²) in [4.78, 5) is 5.60. The number of anilines is 1. The van der Waals surface area contributed by atoms with Gasteiger partial charge in [0.25, 0.3) is 0 Å². The SMILES string of the molecule is COc1cc(F)ccc1NC(C)c1sc(C)nc1C. The van der Waals surface area contributed by atoms with Gasteiger partial charge in [-0.25, -0.2) is 9.37 Å². The number of hydrogen-bond donors (Lipinski definition) is 1. The van der Waals surface area contributed by atoms with E-state index < -0.39 is 0 Å². The van der Waals surface area contributed by atoms with Crippen molar-refractivity contribution < 1.29 is 9.13 Å². The minimum absolute atomic E-state index is 0.102. The Morgan fingerprint density at radius 3 is 2.68 bits per heavy atom. The van der Waals surface area contributed by atoms with Crippen LogP contribution in [0.2, 0.25) is 0 Å². The first kappa shape index (κ1) is 13.8. The summed E-state index contributed by atoms with van der Waals surface area (Å²) in [5, 5.41) is 4.39. The minimum atomic E-state index is -0.306. The number of ether oxygens (including phenoxy) is 1. The zero-order valence-corrected chi connectivity index (χ0v) is 12.3. The van der Waals surface area contributed by atoms with Gasteiger partial charge in [-0.15, -0.1) is 11.3 Å². The van der Waals surface area contributed by atoms with Crippen molar-refractivity contribution in [2.24, 2.45) is 0 Å². The van der Waals surface area contributed by atoms with Gasteiger partial charge in [-0.1, -0.05) is 0 Å². The van der Waals surface area contributed by atoms with E-state index in [1.165, 1.54) is 24.1 Å². The third-order valence-corrected chi connectivity index (χ3v) is 4.12. The second-order valence-corrected chi connectivity index (χ2v) is 5.63. The van der Waals surface area contributed by atoms with Crippen LogP contribution in [0.1, 0.15) is 28.5 Å². The summed E-state index contributed by atoms with van der Waals surface area (Å²) in [5.41, 5.74) is 1.81. The summed E-state index contributed by atoms with van der Waals surface area (Å²) >= 11 is 1.67. The molecule has 2 rings (SSSR count). The molecule has 0 spiro atoms. The summed E-state index contributed by atoms with van der Waals surface area (Å²) in [5.74, 6) is 0.200. The molecule has 1 N–H and O–H groups in total. The van der Waals surface area contributed by atoms with E-state index in [1.807, 2.05) is 13.8 Å². The number of aryl methyl sites for hydroxylation is 2. The van der Waals surface area contributed by atoms with E-state index in [4.69, 9.17) is 4.74 Å². The Morgan fingerprint density at radius 1 is 1.37 bits per heavy atom. The van der Waals surface area contributed by atoms with Gasteiger partial charge < -0.3 is 10.1 Å². The van der Waals surface area contributed by atoms with Gasteiger partial charge in [0.1, 0.15) is 11.6 Å². The Bertz CT molecular complexity index is 583. The quantitative estimate of drug-likeness (QED) is 0.916. The molecule has 5 heteroatoms. The smallest absolute Gasteiger partial charge is 0.144 e. The van der Waals surface area contributed by atoms with E-state index in [0.29, 0.717) is 5.75 Å². The highest BCUT2D eigenvalue weighted by Gasteiger charge is 2.14. The van der Waals surface area contributed by atoms with Crippen LogP contribution in [0.15, 0.2) is 18.2 Å². The van der Waals surface area contributed by atoms with Crippen LogP contribution in [0, 0.1) is 19.7 Å². The number of methoxy groups -OCH3 is 1. The van der Waals surface area contributed by atoms with Crippen molar-refractivity contribution in [1.82, 2.24) is 4.98 Å². The molecule has 1 unspecified atom stereocenters. The zero-order chi connectivity index (χ0) is 14.0. The molecule has 3 nitrogen and oxygen atoms in total. The van der Waals surface area contributed by atoms with Crippen molar-refractivity contribution >= 4 is 17.0 Å². The van der Waals surface area contributed by atoms with Gasteiger partial charge in [-0.05, 0) is 32.9 Å². The summed E-state index contributed by atoms with van der Waals surface area (Å²) in [7, 11) is 1.53. The number of thiazole rings is 1. The molecule has 0 aliphatic carbocycles. The fraction of sp³-hybridized carbons (Fsp3) is 0.357. The molecule has 0 saturated carbocycles. The van der Waals surface area contributed by atoms with Crippen molar-refractivity contribution in [3.63, 3.8) is 0 Å². The fourth-order valence-electron chi connectivity index (χ4n) is 2.03. The van der Waals surface area contributed by atoms with Crippen molar-refractivity contribution in [3.8, 4) is 5.75 Å². The molecule has 0 aliphatic rings. The molecule has 0 amide bonds. The van der Waals surface area contributed by atoms with Gasteiger partial charge in [0, 0.05) is 10.9 Å². The van der Waals surface area contributed by atoms with Gasteiger partial charge in [0.05, 0.1) is 29.5 Å². The summed E-state index contributed by atoms with van der Waals surface area (Å²) in [6.45, 7) is 6.05. The monoisotopic (exact) mass is 280 g/mol. The lowest BCUT2D eigenvalue weighted by molar-refractivity contribution is 0.412. The number of hydrogen-bond acceptors (Lipinski definition) is 4. The van der Waals surface area contributed by atoms with Crippen LogP contribution >= 0.6 is 11.3 Å². The first-order valence-corrected chi connectivity index (χ1v) is 6.87. The standard InChI is InChI=1S/C14H17FN2OS/c1-8-14(19-10(3)16-8)9(2)17-12-6-5-11(15)7-13(12)18-4/h5-7,9,17H,1-4H3. The van der Waals surface area contributed by atoms with Crippen molar-refractivity contribution in [3.05, 3.63) is 39.6 Å². The second kappa shape index (κ2) is 5.57. The lowest BCUT2D eigenvalue weighted by atomic mass is 10.2. The van der Waals surface area contributed by atoms with E-state index >= 15 is 0 Å². The molecular formula is C14H17FN2OS. The van der Waals surface area contributed by atoms with E-state index in [-0.39, 0.29) is 11.9 Å². The van der Waals surface area contributed by atoms with Gasteiger partial charge in [-0.3, -0.25) is 0 Å². The highest BCUT2D eigenvalue weighted by atomic mass is 32.1. The first-order chi connectivity index (χ1) is 9.01. The molecule has 102 valence electrons. The van der Waals surface area contributed by atoms with Crippen LogP contribution in [0.3, 0.4) is 0 Å². The van der Waals surface area contributed by atoms with Gasteiger partial charge >= 0.3 is 0 Å². The highest BCUT2D eigenvalue weighted by molar-refractivity contribution is 7.11. The minimum Gasteiger partial charge on any atom is -0.494 e. The number of rotatable bonds is 4. The number of halogens is 1. The van der Waals surface area contributed by atoms with Crippen LogP contribution in [0.25, 0.3) is 0 Å². The Balaban J connectivity index is 2.23. The maximum Gasteiger partial charge on any atom is 0.144 e. The average Bonchev–Trinajstić information content (AvgIpc) is 2.70. The molecule has 0 fully saturated rings. The first-order valence-electron chi connectivity index (χ1n) is 6.05. The van der Waals surface area contributed by atoms with Gasteiger partial charge in [-0.2, -0.15) is 0 Å². The molecule has 0 saturated heterocycles. The second-order valence-electron chi connectivity index (χ2n) is 4.39. The molecule has 0 bridgehead atoms. The number of benzene rings is 1. The molecule has 19 heavy (non-hydrogen) atoms. The zero-order valence-electron chi connectivity index (χ0n) is 11.5. The molecular weight excluding hydrogens is 263 g/mol. The maximum atomic E-state index is 13.1. The Kier molecular flexibility index (Phi) is 4.04. The van der Waals surface area contributed by atoms with E-state index in [2.05, 4.69) is 17.2 Å². The van der Waals surface area contributed by atoms with Crippen molar-refractivity contribution in [1.29, 1.82) is 0 Å². The molecule has 2 aromatic rings. The van der Waals surface area contributed by atoms with Crippen LogP contribution < -0.4 is 10.1 Å². The Hall–Kier alpha value is -1.62. The van der Waals surface area contributed by atoms with Gasteiger partial charge in [0.15, 0.2) is 0 Å². The molecule has 0 aliphatic heterocycles. The van der Waals surface area contributed by atoms with Crippen LogP contribution in [-0.2, 0) is 0 Å². The largest absolute Gasteiger partial charge is 0.494 e. The summed E-state index contributed by atoms with van der Waals surface area (Å²) in [6, 6.07) is 4.58. The summed E-state index contributed by atoms with van der Waals surface area (Å²) < 4.78 is 18.3. The Labute approximate surface area is 116 Å². The third kappa shape index (κ3) is 3.04. The highest BCUT2D eigenvalue weighted by Crippen LogP contribution is 2.31. The van der Waals surface area contributed by atoms with Crippen LogP contribution in [0.4, 0.5) is 10.1 Å². The lowest BCUT2D eigenvalue weighted by Crippen LogP contribution is -2.07.